The Morgan fingerprint density at radius 3 is 2.65 bits per heavy atom. The molecule has 0 bridgehead atoms. The molecule has 0 N–H and O–H groups in total. The topological polar surface area (TPSA) is 37.4 Å². The van der Waals surface area contributed by atoms with Crippen LogP contribution in [0.15, 0.2) is 48.5 Å². The zero-order valence-electron chi connectivity index (χ0n) is 12.9. The van der Waals surface area contributed by atoms with Gasteiger partial charge in [0.05, 0.1) is 0 Å². The van der Waals surface area contributed by atoms with Gasteiger partial charge in [-0.05, 0) is 42.7 Å². The molecule has 0 fully saturated rings. The largest absolute Gasteiger partial charge is 0.311 e. The maximum Gasteiger partial charge on any atom is 0.242 e. The normalized spacial score (nSPS) is 16.0. The zero-order valence-corrected chi connectivity index (χ0v) is 13.7. The lowest BCUT2D eigenvalue weighted by Crippen LogP contribution is -2.39. The number of hydrogen-bond acceptors (Lipinski definition) is 2. The minimum absolute atomic E-state index is 0.115. The predicted molar refractivity (Wildman–Crippen MR) is 90.2 cm³/mol. The van der Waals surface area contributed by atoms with Gasteiger partial charge in [-0.1, -0.05) is 30.3 Å². The van der Waals surface area contributed by atoms with Gasteiger partial charge in [0.25, 0.3) is 0 Å². The fourth-order valence-electron chi connectivity index (χ4n) is 2.77. The summed E-state index contributed by atoms with van der Waals surface area (Å²) in [5.74, 6) is -0.185. The summed E-state index contributed by atoms with van der Waals surface area (Å²) in [6, 6.07) is 13.7. The van der Waals surface area contributed by atoms with E-state index in [4.69, 9.17) is 0 Å². The molecule has 0 aliphatic carbocycles. The number of fused-ring (bicyclic) bond motifs is 1. The Kier molecular flexibility index (Phi) is 4.57. The van der Waals surface area contributed by atoms with Crippen molar-refractivity contribution in [2.24, 2.45) is 0 Å². The van der Waals surface area contributed by atoms with Crippen LogP contribution < -0.4 is 4.90 Å². The van der Waals surface area contributed by atoms with Crippen LogP contribution in [0, 0.1) is 5.82 Å². The molecule has 1 aliphatic heterocycles. The Labute approximate surface area is 137 Å². The molecule has 0 radical (unpaired) electrons. The van der Waals surface area contributed by atoms with Gasteiger partial charge < -0.3 is 4.90 Å². The molecule has 2 aromatic rings. The standard InChI is InChI=1S/C18H18FNO2S/c1-13(23(22)12-14-6-8-16(19)9-7-14)18(21)20-11-10-15-4-2-3-5-17(15)20/h2-9,13H,10-12H2,1H3/t13-,23-/m0/s1. The molecule has 2 aromatic carbocycles. The number of carbonyl (C=O) groups excluding carboxylic acids is 1. The van der Waals surface area contributed by atoms with Crippen molar-refractivity contribution in [1.29, 1.82) is 0 Å². The smallest absolute Gasteiger partial charge is 0.242 e. The fraction of sp³-hybridized carbons (Fsp3) is 0.278. The summed E-state index contributed by atoms with van der Waals surface area (Å²) in [6.45, 7) is 2.33. The van der Waals surface area contributed by atoms with Gasteiger partial charge in [0, 0.05) is 28.8 Å². The summed E-state index contributed by atoms with van der Waals surface area (Å²) in [4.78, 5) is 14.4. The first-order valence-electron chi connectivity index (χ1n) is 7.57. The number of para-hydroxylation sites is 1. The molecular formula is C18H18FNO2S. The van der Waals surface area contributed by atoms with E-state index in [9.17, 15) is 13.4 Å². The quantitative estimate of drug-likeness (QED) is 0.863. The number of benzene rings is 2. The summed E-state index contributed by atoms with van der Waals surface area (Å²) >= 11 is 0. The maximum absolute atomic E-state index is 12.9. The predicted octanol–water partition coefficient (Wildman–Crippen LogP) is 3.05. The molecule has 1 aliphatic rings. The first kappa shape index (κ1) is 15.9. The van der Waals surface area contributed by atoms with E-state index >= 15 is 0 Å². The second kappa shape index (κ2) is 6.62. The highest BCUT2D eigenvalue weighted by Crippen LogP contribution is 2.28. The van der Waals surface area contributed by atoms with Crippen LogP contribution in [0.3, 0.4) is 0 Å². The number of halogens is 1. The van der Waals surface area contributed by atoms with Crippen molar-refractivity contribution in [2.75, 3.05) is 11.4 Å². The molecule has 0 unspecified atom stereocenters. The van der Waals surface area contributed by atoms with Gasteiger partial charge >= 0.3 is 0 Å². The Balaban J connectivity index is 1.70. The number of rotatable bonds is 4. The second-order valence-corrected chi connectivity index (χ2v) is 7.42. The lowest BCUT2D eigenvalue weighted by Gasteiger charge is -2.21. The number of anilines is 1. The molecule has 2 atom stereocenters. The highest BCUT2D eigenvalue weighted by atomic mass is 32.2. The van der Waals surface area contributed by atoms with E-state index in [1.165, 1.54) is 12.1 Å². The van der Waals surface area contributed by atoms with Crippen LogP contribution in [0.1, 0.15) is 18.1 Å². The van der Waals surface area contributed by atoms with E-state index in [1.807, 2.05) is 24.3 Å². The average Bonchev–Trinajstić information content (AvgIpc) is 2.99. The van der Waals surface area contributed by atoms with Gasteiger partial charge in [0.15, 0.2) is 0 Å². The van der Waals surface area contributed by atoms with E-state index < -0.39 is 16.0 Å². The third-order valence-electron chi connectivity index (χ3n) is 4.12. The molecule has 23 heavy (non-hydrogen) atoms. The zero-order chi connectivity index (χ0) is 16.4. The first-order chi connectivity index (χ1) is 11.1. The van der Waals surface area contributed by atoms with Crippen molar-refractivity contribution in [3.05, 3.63) is 65.5 Å². The van der Waals surface area contributed by atoms with E-state index in [-0.39, 0.29) is 17.5 Å². The Morgan fingerprint density at radius 2 is 1.91 bits per heavy atom. The molecule has 5 heteroatoms. The highest BCUT2D eigenvalue weighted by Gasteiger charge is 2.30. The number of carbonyl (C=O) groups is 1. The SMILES string of the molecule is C[C@@H](C(=O)N1CCc2ccccc21)[S@@](=O)Cc1ccc(F)cc1. The Bertz CT molecular complexity index is 745. The minimum Gasteiger partial charge on any atom is -0.311 e. The molecule has 1 heterocycles. The van der Waals surface area contributed by atoms with Crippen LogP contribution in [-0.2, 0) is 27.8 Å². The van der Waals surface area contributed by atoms with Gasteiger partial charge in [-0.3, -0.25) is 9.00 Å². The molecule has 0 saturated heterocycles. The van der Waals surface area contributed by atoms with Gasteiger partial charge in [-0.15, -0.1) is 0 Å². The minimum atomic E-state index is -1.34. The lowest BCUT2D eigenvalue weighted by atomic mass is 10.2. The molecule has 120 valence electrons. The molecular weight excluding hydrogens is 313 g/mol. The van der Waals surface area contributed by atoms with Crippen LogP contribution in [-0.4, -0.2) is 21.9 Å². The molecule has 1 amide bonds. The molecule has 3 nitrogen and oxygen atoms in total. The Morgan fingerprint density at radius 1 is 1.22 bits per heavy atom. The van der Waals surface area contributed by atoms with Crippen molar-refractivity contribution in [2.45, 2.75) is 24.3 Å². The van der Waals surface area contributed by atoms with E-state index in [1.54, 1.807) is 24.0 Å². The van der Waals surface area contributed by atoms with Crippen LogP contribution in [0.4, 0.5) is 10.1 Å². The molecule has 0 spiro atoms. The molecule has 0 aromatic heterocycles. The fourth-order valence-corrected chi connectivity index (χ4v) is 3.89. The van der Waals surface area contributed by atoms with Crippen molar-refractivity contribution in [3.63, 3.8) is 0 Å². The third-order valence-corrected chi connectivity index (χ3v) is 5.73. The summed E-state index contributed by atoms with van der Waals surface area (Å²) in [5.41, 5.74) is 2.84. The number of hydrogen-bond donors (Lipinski definition) is 0. The summed E-state index contributed by atoms with van der Waals surface area (Å²) < 4.78 is 25.4. The van der Waals surface area contributed by atoms with E-state index in [2.05, 4.69) is 0 Å². The van der Waals surface area contributed by atoms with Crippen LogP contribution in [0.5, 0.6) is 0 Å². The van der Waals surface area contributed by atoms with Gasteiger partial charge in [-0.25, -0.2) is 4.39 Å². The van der Waals surface area contributed by atoms with Crippen molar-refractivity contribution in [1.82, 2.24) is 0 Å². The van der Waals surface area contributed by atoms with E-state index in [0.717, 1.165) is 23.2 Å². The summed E-state index contributed by atoms with van der Waals surface area (Å²) in [5, 5.41) is -0.591. The third kappa shape index (κ3) is 3.34. The molecule has 3 rings (SSSR count). The summed E-state index contributed by atoms with van der Waals surface area (Å²) in [6.07, 6.45) is 0.833. The van der Waals surface area contributed by atoms with Gasteiger partial charge in [-0.2, -0.15) is 0 Å². The van der Waals surface area contributed by atoms with E-state index in [0.29, 0.717) is 6.54 Å². The van der Waals surface area contributed by atoms with Crippen LogP contribution in [0.25, 0.3) is 0 Å². The number of amides is 1. The van der Waals surface area contributed by atoms with Crippen molar-refractivity contribution < 1.29 is 13.4 Å². The first-order valence-corrected chi connectivity index (χ1v) is 8.95. The summed E-state index contributed by atoms with van der Waals surface area (Å²) in [7, 11) is -1.34. The maximum atomic E-state index is 12.9. The van der Waals surface area contributed by atoms with Crippen LogP contribution in [0.2, 0.25) is 0 Å². The highest BCUT2D eigenvalue weighted by molar-refractivity contribution is 7.85. The van der Waals surface area contributed by atoms with Crippen molar-refractivity contribution >= 4 is 22.4 Å². The lowest BCUT2D eigenvalue weighted by molar-refractivity contribution is -0.117. The van der Waals surface area contributed by atoms with Crippen molar-refractivity contribution in [3.8, 4) is 0 Å². The molecule has 0 saturated carbocycles. The van der Waals surface area contributed by atoms with Crippen LogP contribution >= 0.6 is 0 Å². The second-order valence-electron chi connectivity index (χ2n) is 5.66. The van der Waals surface area contributed by atoms with Gasteiger partial charge in [0.2, 0.25) is 5.91 Å². The average molecular weight is 331 g/mol. The Hall–Kier alpha value is -2.01. The van der Waals surface area contributed by atoms with Gasteiger partial charge in [0.1, 0.15) is 11.1 Å². The monoisotopic (exact) mass is 331 g/mol. The number of nitrogens with zero attached hydrogens (tertiary/aromatic N) is 1.